The number of carboxylic acids is 1. The van der Waals surface area contributed by atoms with E-state index < -0.39 is 27.7 Å². The Hall–Kier alpha value is -2.14. The van der Waals surface area contributed by atoms with Crippen LogP contribution in [0.25, 0.3) is 0 Å². The predicted octanol–water partition coefficient (Wildman–Crippen LogP) is 5.01. The summed E-state index contributed by atoms with van der Waals surface area (Å²) in [5.41, 5.74) is 1.05. The lowest BCUT2D eigenvalue weighted by Gasteiger charge is -2.43. The zero-order valence-electron chi connectivity index (χ0n) is 20.3. The highest BCUT2D eigenvalue weighted by Crippen LogP contribution is 2.35. The largest absolute Gasteiger partial charge is 0.481 e. The second-order valence-corrected chi connectivity index (χ2v) is 11.6. The third-order valence-electron chi connectivity index (χ3n) is 6.43. The van der Waals surface area contributed by atoms with Crippen molar-refractivity contribution in [1.29, 1.82) is 0 Å². The van der Waals surface area contributed by atoms with E-state index in [2.05, 4.69) is 4.90 Å². The SMILES string of the molecule is Cc1ccc(S(=O)(=O)N2C(C)CN(CCCc3ccc(C(F)(F)F)c(Cl)c3)C[C@@H]2C)cc1CC(=O)O. The molecule has 2 aromatic carbocycles. The molecule has 11 heteroatoms. The minimum atomic E-state index is -4.49. The fourth-order valence-corrected chi connectivity index (χ4v) is 6.97. The molecule has 0 aromatic heterocycles. The molecule has 0 amide bonds. The van der Waals surface area contributed by atoms with Gasteiger partial charge in [-0.15, -0.1) is 0 Å². The number of hydrogen-bond donors (Lipinski definition) is 1. The van der Waals surface area contributed by atoms with Crippen molar-refractivity contribution in [2.45, 2.75) is 63.2 Å². The number of carbonyl (C=O) groups is 1. The Balaban J connectivity index is 1.64. The minimum absolute atomic E-state index is 0.0793. The van der Waals surface area contributed by atoms with E-state index in [4.69, 9.17) is 16.7 Å². The fraction of sp³-hybridized carbons (Fsp3) is 0.480. The molecule has 1 heterocycles. The van der Waals surface area contributed by atoms with Gasteiger partial charge in [-0.1, -0.05) is 23.7 Å². The number of hydrogen-bond acceptors (Lipinski definition) is 4. The van der Waals surface area contributed by atoms with Crippen LogP contribution in [-0.4, -0.2) is 60.4 Å². The molecule has 0 saturated carbocycles. The second kappa shape index (κ2) is 11.1. The smallest absolute Gasteiger partial charge is 0.417 e. The van der Waals surface area contributed by atoms with E-state index in [0.717, 1.165) is 11.6 Å². The first kappa shape index (κ1) is 28.4. The van der Waals surface area contributed by atoms with Crippen molar-refractivity contribution in [2.75, 3.05) is 19.6 Å². The Kier molecular flexibility index (Phi) is 8.75. The number of alkyl halides is 3. The van der Waals surface area contributed by atoms with Crippen LogP contribution in [0.4, 0.5) is 13.2 Å². The maximum atomic E-state index is 13.5. The third-order valence-corrected chi connectivity index (χ3v) is 8.87. The average molecular weight is 547 g/mol. The zero-order chi connectivity index (χ0) is 26.8. The van der Waals surface area contributed by atoms with Crippen LogP contribution < -0.4 is 0 Å². The first-order valence-corrected chi connectivity index (χ1v) is 13.4. The van der Waals surface area contributed by atoms with Crippen molar-refractivity contribution in [1.82, 2.24) is 9.21 Å². The van der Waals surface area contributed by atoms with Gasteiger partial charge in [-0.25, -0.2) is 8.42 Å². The number of carboxylic acid groups (broad SMARTS) is 1. The van der Waals surface area contributed by atoms with Crippen LogP contribution in [0.1, 0.15) is 42.5 Å². The van der Waals surface area contributed by atoms with Gasteiger partial charge in [0.1, 0.15) is 0 Å². The maximum absolute atomic E-state index is 13.5. The summed E-state index contributed by atoms with van der Waals surface area (Å²) in [6.45, 7) is 7.09. The van der Waals surface area contributed by atoms with Gasteiger partial charge in [0, 0.05) is 25.2 Å². The summed E-state index contributed by atoms with van der Waals surface area (Å²) in [5, 5.41) is 8.82. The molecule has 1 aliphatic rings. The second-order valence-electron chi connectivity index (χ2n) is 9.37. The van der Waals surface area contributed by atoms with Crippen LogP contribution in [-0.2, 0) is 33.8 Å². The summed E-state index contributed by atoms with van der Waals surface area (Å²) in [6, 6.07) is 7.73. The number of aliphatic carboxylic acids is 1. The summed E-state index contributed by atoms with van der Waals surface area (Å²) in [7, 11) is -3.84. The van der Waals surface area contributed by atoms with Crippen LogP contribution in [0.2, 0.25) is 5.02 Å². The number of sulfonamides is 1. The Morgan fingerprint density at radius 2 is 1.75 bits per heavy atom. The molecule has 3 rings (SSSR count). The van der Waals surface area contributed by atoms with E-state index in [1.165, 1.54) is 28.6 Å². The molecule has 198 valence electrons. The molecule has 0 aliphatic carbocycles. The number of piperazine rings is 1. The minimum Gasteiger partial charge on any atom is -0.481 e. The van der Waals surface area contributed by atoms with Gasteiger partial charge in [-0.2, -0.15) is 17.5 Å². The fourth-order valence-electron chi connectivity index (χ4n) is 4.81. The van der Waals surface area contributed by atoms with E-state index in [0.29, 0.717) is 43.6 Å². The van der Waals surface area contributed by atoms with Crippen molar-refractivity contribution in [3.05, 3.63) is 63.7 Å². The molecule has 2 atom stereocenters. The van der Waals surface area contributed by atoms with Crippen LogP contribution >= 0.6 is 11.6 Å². The molecule has 1 aliphatic heterocycles. The lowest BCUT2D eigenvalue weighted by molar-refractivity contribution is -0.138. The quantitative estimate of drug-likeness (QED) is 0.503. The van der Waals surface area contributed by atoms with Gasteiger partial charge in [0.05, 0.1) is 21.9 Å². The Labute approximate surface area is 214 Å². The standard InChI is InChI=1S/C25H30ClF3N2O4S/c1-16-6-8-21(12-20(16)13-24(32)33)36(34,35)31-17(2)14-30(15-18(31)3)10-4-5-19-7-9-22(23(26)11-19)25(27,28)29/h6-9,11-12,17-18H,4-5,10,13-15H2,1-3H3,(H,32,33)/t17-,18?/m0/s1. The van der Waals surface area contributed by atoms with E-state index in [1.54, 1.807) is 13.0 Å². The number of halogens is 4. The van der Waals surface area contributed by atoms with Crippen molar-refractivity contribution >= 4 is 27.6 Å². The summed E-state index contributed by atoms with van der Waals surface area (Å²) in [5.74, 6) is -1.03. The Morgan fingerprint density at radius 1 is 1.11 bits per heavy atom. The highest BCUT2D eigenvalue weighted by atomic mass is 35.5. The topological polar surface area (TPSA) is 77.9 Å². The molecule has 2 aromatic rings. The average Bonchev–Trinajstić information content (AvgIpc) is 2.73. The van der Waals surface area contributed by atoms with Gasteiger partial charge in [-0.3, -0.25) is 4.79 Å². The molecule has 0 bridgehead atoms. The Bertz CT molecular complexity index is 1210. The van der Waals surface area contributed by atoms with Gasteiger partial charge in [0.25, 0.3) is 0 Å². The molecule has 6 nitrogen and oxygen atoms in total. The predicted molar refractivity (Wildman–Crippen MR) is 132 cm³/mol. The normalized spacial score (nSPS) is 20.0. The summed E-state index contributed by atoms with van der Waals surface area (Å²) in [6.07, 6.45) is -3.50. The number of nitrogens with zero attached hydrogens (tertiary/aromatic N) is 2. The highest BCUT2D eigenvalue weighted by molar-refractivity contribution is 7.89. The molecule has 1 saturated heterocycles. The van der Waals surface area contributed by atoms with E-state index >= 15 is 0 Å². The highest BCUT2D eigenvalue weighted by Gasteiger charge is 2.38. The maximum Gasteiger partial charge on any atom is 0.417 e. The molecular weight excluding hydrogens is 517 g/mol. The van der Waals surface area contributed by atoms with E-state index in [9.17, 15) is 26.4 Å². The first-order chi connectivity index (χ1) is 16.7. The molecular formula is C25H30ClF3N2O4S. The molecule has 1 unspecified atom stereocenters. The molecule has 36 heavy (non-hydrogen) atoms. The van der Waals surface area contributed by atoms with Crippen LogP contribution in [0.15, 0.2) is 41.3 Å². The summed E-state index contributed by atoms with van der Waals surface area (Å²) in [4.78, 5) is 13.4. The molecule has 1 fully saturated rings. The van der Waals surface area contributed by atoms with E-state index in [1.807, 2.05) is 13.8 Å². The summed E-state index contributed by atoms with van der Waals surface area (Å²) >= 11 is 5.81. The zero-order valence-corrected chi connectivity index (χ0v) is 21.9. The molecule has 0 spiro atoms. The Morgan fingerprint density at radius 3 is 2.31 bits per heavy atom. The van der Waals surface area contributed by atoms with Crippen LogP contribution in [0, 0.1) is 6.92 Å². The van der Waals surface area contributed by atoms with Crippen molar-refractivity contribution < 1.29 is 31.5 Å². The van der Waals surface area contributed by atoms with Crippen molar-refractivity contribution in [2.24, 2.45) is 0 Å². The lowest BCUT2D eigenvalue weighted by Crippen LogP contribution is -2.58. The van der Waals surface area contributed by atoms with Gasteiger partial charge in [-0.05, 0) is 81.1 Å². The third kappa shape index (κ3) is 6.59. The van der Waals surface area contributed by atoms with Gasteiger partial charge >= 0.3 is 12.1 Å². The lowest BCUT2D eigenvalue weighted by atomic mass is 10.1. The number of benzene rings is 2. The van der Waals surface area contributed by atoms with Crippen molar-refractivity contribution in [3.63, 3.8) is 0 Å². The van der Waals surface area contributed by atoms with Gasteiger partial charge < -0.3 is 10.0 Å². The number of rotatable bonds is 8. The first-order valence-electron chi connectivity index (χ1n) is 11.6. The molecule has 0 radical (unpaired) electrons. The van der Waals surface area contributed by atoms with Gasteiger partial charge in [0.15, 0.2) is 0 Å². The van der Waals surface area contributed by atoms with Crippen LogP contribution in [0.3, 0.4) is 0 Å². The van der Waals surface area contributed by atoms with Crippen molar-refractivity contribution in [3.8, 4) is 0 Å². The monoisotopic (exact) mass is 546 g/mol. The van der Waals surface area contributed by atoms with Gasteiger partial charge in [0.2, 0.25) is 10.0 Å². The van der Waals surface area contributed by atoms with Crippen LogP contribution in [0.5, 0.6) is 0 Å². The molecule has 1 N–H and O–H groups in total. The summed E-state index contributed by atoms with van der Waals surface area (Å²) < 4.78 is 67.1. The number of aryl methyl sites for hydroxylation is 2. The van der Waals surface area contributed by atoms with E-state index in [-0.39, 0.29) is 28.4 Å².